The molecule has 0 bridgehead atoms. The Balaban J connectivity index is 1.67. The third-order valence-electron chi connectivity index (χ3n) is 6.13. The largest absolute Gasteiger partial charge is 0.338 e. The number of hydrogen-bond donors (Lipinski definition) is 2. The Hall–Kier alpha value is -3.77. The average Bonchev–Trinajstić information content (AvgIpc) is 3.26. The number of aromatic nitrogens is 4. The Bertz CT molecular complexity index is 1250. The number of carbonyl (C=O) groups excluding carboxylic acids is 2. The SMILES string of the molecule is C#CCNC(=O)c1nc2c(N3C(=O)C4(CCNCC4)c4ccccc43)ncnc2n1C. The van der Waals surface area contributed by atoms with Gasteiger partial charge in [-0.3, -0.25) is 14.5 Å². The summed E-state index contributed by atoms with van der Waals surface area (Å²) in [7, 11) is 1.70. The van der Waals surface area contributed by atoms with Crippen LogP contribution in [0.15, 0.2) is 30.6 Å². The van der Waals surface area contributed by atoms with Gasteiger partial charge in [-0.1, -0.05) is 24.1 Å². The van der Waals surface area contributed by atoms with Crippen LogP contribution in [0, 0.1) is 12.3 Å². The van der Waals surface area contributed by atoms with Crippen LogP contribution in [-0.4, -0.2) is 51.0 Å². The Morgan fingerprint density at radius 1 is 1.29 bits per heavy atom. The molecule has 2 aliphatic rings. The number of rotatable bonds is 3. The molecule has 9 heteroatoms. The maximum absolute atomic E-state index is 13.9. The summed E-state index contributed by atoms with van der Waals surface area (Å²) in [5.41, 5.74) is 2.09. The van der Waals surface area contributed by atoms with Gasteiger partial charge in [0.2, 0.25) is 11.7 Å². The van der Waals surface area contributed by atoms with Gasteiger partial charge in [0.15, 0.2) is 17.0 Å². The molecule has 4 heterocycles. The molecule has 31 heavy (non-hydrogen) atoms. The lowest BCUT2D eigenvalue weighted by Gasteiger charge is -2.32. The number of amides is 2. The average molecular weight is 415 g/mol. The fourth-order valence-corrected chi connectivity index (χ4v) is 4.62. The maximum atomic E-state index is 13.9. The second kappa shape index (κ2) is 7.18. The minimum atomic E-state index is -0.582. The monoisotopic (exact) mass is 415 g/mol. The number of hydrogen-bond acceptors (Lipinski definition) is 6. The van der Waals surface area contributed by atoms with E-state index in [1.54, 1.807) is 16.5 Å². The van der Waals surface area contributed by atoms with E-state index in [-0.39, 0.29) is 18.3 Å². The minimum Gasteiger partial charge on any atom is -0.338 e. The zero-order valence-corrected chi connectivity index (χ0v) is 17.1. The molecule has 0 unspecified atom stereocenters. The first-order valence-corrected chi connectivity index (χ1v) is 10.1. The molecule has 5 rings (SSSR count). The molecule has 2 aromatic heterocycles. The zero-order valence-electron chi connectivity index (χ0n) is 17.1. The van der Waals surface area contributed by atoms with Crippen LogP contribution in [0.5, 0.6) is 0 Å². The first-order chi connectivity index (χ1) is 15.1. The summed E-state index contributed by atoms with van der Waals surface area (Å²) in [4.78, 5) is 41.2. The van der Waals surface area contributed by atoms with Gasteiger partial charge in [0.25, 0.3) is 5.91 Å². The number of fused-ring (bicyclic) bond motifs is 3. The molecule has 2 aliphatic heterocycles. The van der Waals surface area contributed by atoms with E-state index in [1.807, 2.05) is 24.3 Å². The summed E-state index contributed by atoms with van der Waals surface area (Å²) in [6.45, 7) is 1.64. The number of aryl methyl sites for hydroxylation is 1. The molecule has 1 fully saturated rings. The third-order valence-corrected chi connectivity index (χ3v) is 6.13. The standard InChI is InChI=1S/C22H21N7O2/c1-3-10-24-20(30)19-27-16-17(28(19)2)25-13-26-18(16)29-15-7-5-4-6-14(15)22(21(29)31)8-11-23-12-9-22/h1,4-7,13,23H,8-12H2,2H3,(H,24,30). The highest BCUT2D eigenvalue weighted by atomic mass is 16.2. The van der Waals surface area contributed by atoms with Crippen molar-refractivity contribution >= 4 is 34.5 Å². The number of carbonyl (C=O) groups is 2. The highest BCUT2D eigenvalue weighted by molar-refractivity contribution is 6.15. The Labute approximate surface area is 178 Å². The molecule has 2 N–H and O–H groups in total. The van der Waals surface area contributed by atoms with E-state index in [2.05, 4.69) is 31.5 Å². The lowest BCUT2D eigenvalue weighted by Crippen LogP contribution is -2.46. The van der Waals surface area contributed by atoms with Gasteiger partial charge < -0.3 is 15.2 Å². The molecule has 3 aromatic rings. The number of terminal acetylenes is 1. The van der Waals surface area contributed by atoms with Crippen molar-refractivity contribution in [2.75, 3.05) is 24.5 Å². The van der Waals surface area contributed by atoms with E-state index in [1.165, 1.54) is 6.33 Å². The van der Waals surface area contributed by atoms with Crippen molar-refractivity contribution in [1.29, 1.82) is 0 Å². The molecular formula is C22H21N7O2. The normalized spacial score (nSPS) is 17.0. The zero-order chi connectivity index (χ0) is 21.6. The van der Waals surface area contributed by atoms with Crippen molar-refractivity contribution in [2.45, 2.75) is 18.3 Å². The topological polar surface area (TPSA) is 105 Å². The van der Waals surface area contributed by atoms with E-state index < -0.39 is 11.3 Å². The summed E-state index contributed by atoms with van der Waals surface area (Å²) < 4.78 is 1.58. The van der Waals surface area contributed by atoms with Crippen LogP contribution >= 0.6 is 0 Å². The van der Waals surface area contributed by atoms with Gasteiger partial charge in [-0.2, -0.15) is 0 Å². The smallest absolute Gasteiger partial charge is 0.288 e. The molecule has 2 amide bonds. The molecule has 1 aromatic carbocycles. The fourth-order valence-electron chi connectivity index (χ4n) is 4.62. The summed E-state index contributed by atoms with van der Waals surface area (Å²) >= 11 is 0. The maximum Gasteiger partial charge on any atom is 0.288 e. The molecule has 156 valence electrons. The first kappa shape index (κ1) is 19.2. The number of para-hydroxylation sites is 1. The number of nitrogens with one attached hydrogen (secondary N) is 2. The van der Waals surface area contributed by atoms with Crippen molar-refractivity contribution in [3.8, 4) is 12.3 Å². The van der Waals surface area contributed by atoms with E-state index in [0.29, 0.717) is 17.0 Å². The summed E-state index contributed by atoms with van der Waals surface area (Å²) in [5, 5.41) is 5.96. The van der Waals surface area contributed by atoms with E-state index in [9.17, 15) is 9.59 Å². The quantitative estimate of drug-likeness (QED) is 0.619. The van der Waals surface area contributed by atoms with Gasteiger partial charge in [-0.25, -0.2) is 15.0 Å². The van der Waals surface area contributed by atoms with Crippen LogP contribution in [0.3, 0.4) is 0 Å². The summed E-state index contributed by atoms with van der Waals surface area (Å²) in [6.07, 6.45) is 8.07. The fraction of sp³-hybridized carbons (Fsp3) is 0.318. The lowest BCUT2D eigenvalue weighted by molar-refractivity contribution is -0.123. The van der Waals surface area contributed by atoms with Crippen molar-refractivity contribution < 1.29 is 9.59 Å². The van der Waals surface area contributed by atoms with Gasteiger partial charge in [-0.15, -0.1) is 6.42 Å². The van der Waals surface area contributed by atoms with Gasteiger partial charge in [-0.05, 0) is 37.6 Å². The van der Waals surface area contributed by atoms with Crippen LogP contribution < -0.4 is 15.5 Å². The van der Waals surface area contributed by atoms with Gasteiger partial charge >= 0.3 is 0 Å². The Kier molecular flexibility index (Phi) is 4.45. The number of benzene rings is 1. The number of nitrogens with zero attached hydrogens (tertiary/aromatic N) is 5. The highest BCUT2D eigenvalue weighted by Gasteiger charge is 2.52. The molecule has 1 saturated heterocycles. The Morgan fingerprint density at radius 3 is 2.84 bits per heavy atom. The summed E-state index contributed by atoms with van der Waals surface area (Å²) in [6, 6.07) is 7.83. The minimum absolute atomic E-state index is 0.0146. The molecule has 1 spiro atoms. The second-order valence-electron chi connectivity index (χ2n) is 7.74. The van der Waals surface area contributed by atoms with Crippen LogP contribution in [0.4, 0.5) is 11.5 Å². The van der Waals surface area contributed by atoms with Crippen LogP contribution in [0.1, 0.15) is 29.0 Å². The lowest BCUT2D eigenvalue weighted by atomic mass is 9.74. The molecular weight excluding hydrogens is 394 g/mol. The van der Waals surface area contributed by atoms with Crippen LogP contribution in [-0.2, 0) is 17.3 Å². The van der Waals surface area contributed by atoms with E-state index in [4.69, 9.17) is 6.42 Å². The van der Waals surface area contributed by atoms with Gasteiger partial charge in [0, 0.05) is 7.05 Å². The predicted molar refractivity (Wildman–Crippen MR) is 115 cm³/mol. The second-order valence-corrected chi connectivity index (χ2v) is 7.74. The van der Waals surface area contributed by atoms with E-state index in [0.717, 1.165) is 37.2 Å². The predicted octanol–water partition coefficient (Wildman–Crippen LogP) is 1.03. The number of anilines is 2. The van der Waals surface area contributed by atoms with Crippen LogP contribution in [0.2, 0.25) is 0 Å². The third kappa shape index (κ3) is 2.72. The number of imidazole rings is 1. The molecule has 9 nitrogen and oxygen atoms in total. The van der Waals surface area contributed by atoms with Crippen LogP contribution in [0.25, 0.3) is 11.2 Å². The molecule has 0 atom stereocenters. The Morgan fingerprint density at radius 2 is 2.06 bits per heavy atom. The number of piperidine rings is 1. The van der Waals surface area contributed by atoms with Gasteiger partial charge in [0.1, 0.15) is 6.33 Å². The molecule has 0 saturated carbocycles. The first-order valence-electron chi connectivity index (χ1n) is 10.1. The van der Waals surface area contributed by atoms with Crippen molar-refractivity contribution in [3.05, 3.63) is 42.0 Å². The van der Waals surface area contributed by atoms with E-state index >= 15 is 0 Å². The molecule has 0 radical (unpaired) electrons. The summed E-state index contributed by atoms with van der Waals surface area (Å²) in [5.74, 6) is 2.48. The van der Waals surface area contributed by atoms with Crippen molar-refractivity contribution in [3.63, 3.8) is 0 Å². The van der Waals surface area contributed by atoms with Crippen molar-refractivity contribution in [2.24, 2.45) is 7.05 Å². The van der Waals surface area contributed by atoms with Gasteiger partial charge in [0.05, 0.1) is 17.6 Å². The van der Waals surface area contributed by atoms with Crippen molar-refractivity contribution in [1.82, 2.24) is 30.2 Å². The molecule has 0 aliphatic carbocycles. The highest BCUT2D eigenvalue weighted by Crippen LogP contribution is 2.50.